The summed E-state index contributed by atoms with van der Waals surface area (Å²) in [5.41, 5.74) is -0.419. The Morgan fingerprint density at radius 3 is 2.53 bits per heavy atom. The van der Waals surface area contributed by atoms with Crippen molar-refractivity contribution in [1.82, 2.24) is 10.2 Å². The molecule has 0 radical (unpaired) electrons. The Labute approximate surface area is 204 Å². The van der Waals surface area contributed by atoms with Gasteiger partial charge in [0, 0.05) is 26.3 Å². The Hall–Kier alpha value is -2.29. The molecule has 186 valence electrons. The largest absolute Gasteiger partial charge is 0.489 e. The van der Waals surface area contributed by atoms with Gasteiger partial charge >= 0.3 is 6.18 Å². The van der Waals surface area contributed by atoms with Gasteiger partial charge in [-0.25, -0.2) is 0 Å². The molecule has 2 saturated heterocycles. The van der Waals surface area contributed by atoms with Gasteiger partial charge in [-0.15, -0.1) is 12.4 Å². The molecule has 2 aliphatic heterocycles. The van der Waals surface area contributed by atoms with Crippen LogP contribution >= 0.6 is 12.4 Å². The second-order valence-corrected chi connectivity index (χ2v) is 8.75. The van der Waals surface area contributed by atoms with E-state index in [9.17, 15) is 18.0 Å². The molecule has 5 nitrogen and oxygen atoms in total. The summed E-state index contributed by atoms with van der Waals surface area (Å²) in [7, 11) is 0. The number of hydrogen-bond donors (Lipinski definition) is 1. The van der Waals surface area contributed by atoms with E-state index in [1.807, 2.05) is 37.3 Å². The molecular formula is C25H30ClF3N2O3. The molecule has 1 amide bonds. The van der Waals surface area contributed by atoms with Crippen molar-refractivity contribution < 1.29 is 27.4 Å². The maximum absolute atomic E-state index is 13.5. The van der Waals surface area contributed by atoms with Gasteiger partial charge in [-0.2, -0.15) is 13.2 Å². The molecule has 2 atom stereocenters. The molecule has 1 N–H and O–H groups in total. The lowest BCUT2D eigenvalue weighted by Gasteiger charge is -2.43. The van der Waals surface area contributed by atoms with Crippen molar-refractivity contribution in [2.45, 2.75) is 50.0 Å². The summed E-state index contributed by atoms with van der Waals surface area (Å²) >= 11 is 0. The fourth-order valence-electron chi connectivity index (χ4n) is 4.70. The fraction of sp³-hybridized carbons (Fsp3) is 0.480. The summed E-state index contributed by atoms with van der Waals surface area (Å²) in [6.07, 6.45) is -2.93. The van der Waals surface area contributed by atoms with Crippen LogP contribution in [0.15, 0.2) is 54.6 Å². The minimum Gasteiger partial charge on any atom is -0.489 e. The molecule has 0 unspecified atom stereocenters. The highest BCUT2D eigenvalue weighted by Crippen LogP contribution is 2.35. The average Bonchev–Trinajstić information content (AvgIpc) is 3.28. The molecule has 2 aromatic carbocycles. The molecule has 2 heterocycles. The van der Waals surface area contributed by atoms with E-state index in [1.54, 1.807) is 0 Å². The number of rotatable bonds is 6. The van der Waals surface area contributed by atoms with E-state index in [2.05, 4.69) is 10.2 Å². The molecule has 0 aromatic heterocycles. The van der Waals surface area contributed by atoms with Crippen LogP contribution in [0.4, 0.5) is 13.2 Å². The third-order valence-electron chi connectivity index (χ3n) is 6.60. The first-order chi connectivity index (χ1) is 15.8. The smallest absolute Gasteiger partial charge is 0.416 e. The van der Waals surface area contributed by atoms with E-state index in [1.165, 1.54) is 12.1 Å². The van der Waals surface area contributed by atoms with Crippen LogP contribution in [0.1, 0.15) is 43.4 Å². The number of amides is 1. The summed E-state index contributed by atoms with van der Waals surface area (Å²) in [6, 6.07) is 14.6. The Bertz CT molecular complexity index is 952. The summed E-state index contributed by atoms with van der Waals surface area (Å²) in [5, 5.41) is 3.17. The summed E-state index contributed by atoms with van der Waals surface area (Å²) in [4.78, 5) is 15.7. The van der Waals surface area contributed by atoms with Crippen molar-refractivity contribution in [2.24, 2.45) is 0 Å². The highest BCUT2D eigenvalue weighted by atomic mass is 35.5. The predicted molar refractivity (Wildman–Crippen MR) is 125 cm³/mol. The topological polar surface area (TPSA) is 50.8 Å². The minimum atomic E-state index is -4.42. The van der Waals surface area contributed by atoms with Crippen LogP contribution in [0.2, 0.25) is 0 Å². The molecule has 0 bridgehead atoms. The lowest BCUT2D eigenvalue weighted by molar-refractivity contribution is -0.141. The molecule has 2 aliphatic rings. The van der Waals surface area contributed by atoms with Crippen molar-refractivity contribution in [1.29, 1.82) is 0 Å². The molecule has 0 saturated carbocycles. The van der Waals surface area contributed by atoms with Gasteiger partial charge in [0.1, 0.15) is 17.4 Å². The van der Waals surface area contributed by atoms with Gasteiger partial charge in [-0.05, 0) is 49.9 Å². The van der Waals surface area contributed by atoms with Crippen molar-refractivity contribution in [3.63, 3.8) is 0 Å². The Morgan fingerprint density at radius 1 is 1.15 bits per heavy atom. The maximum Gasteiger partial charge on any atom is 0.416 e. The standard InChI is InChI=1S/C25H29F3N2O3.ClH/c1-18(19-6-3-2-4-7-19)29-23(31)24(11-14-32-15-12-24)30-13-10-22(17-30)33-21-9-5-8-20(16-21)25(26,27)28;/h2-9,16,18,22H,10-15,17H2,1H3,(H,29,31);1H/t18-,22+;/m0./s1. The van der Waals surface area contributed by atoms with Crippen LogP contribution in [-0.2, 0) is 15.7 Å². The minimum absolute atomic E-state index is 0. The third kappa shape index (κ3) is 5.85. The van der Waals surface area contributed by atoms with E-state index in [0.717, 1.165) is 17.7 Å². The normalized spacial score (nSPS) is 21.4. The quantitative estimate of drug-likeness (QED) is 0.608. The zero-order chi connectivity index (χ0) is 23.5. The van der Waals surface area contributed by atoms with E-state index in [-0.39, 0.29) is 36.2 Å². The maximum atomic E-state index is 13.5. The van der Waals surface area contributed by atoms with Crippen LogP contribution in [-0.4, -0.2) is 48.8 Å². The second-order valence-electron chi connectivity index (χ2n) is 8.75. The monoisotopic (exact) mass is 498 g/mol. The lowest BCUT2D eigenvalue weighted by Crippen LogP contribution is -2.61. The Kier molecular flexibility index (Phi) is 8.49. The number of carbonyl (C=O) groups is 1. The van der Waals surface area contributed by atoms with Gasteiger partial charge in [0.15, 0.2) is 0 Å². The second kappa shape index (κ2) is 11.0. The van der Waals surface area contributed by atoms with E-state index in [4.69, 9.17) is 9.47 Å². The van der Waals surface area contributed by atoms with Crippen molar-refractivity contribution in [3.8, 4) is 5.75 Å². The summed E-state index contributed by atoms with van der Waals surface area (Å²) in [6.45, 7) is 4.05. The Balaban J connectivity index is 0.00000324. The van der Waals surface area contributed by atoms with Gasteiger partial charge in [-0.3, -0.25) is 9.69 Å². The highest BCUT2D eigenvalue weighted by molar-refractivity contribution is 5.87. The van der Waals surface area contributed by atoms with Gasteiger partial charge in [0.25, 0.3) is 0 Å². The van der Waals surface area contributed by atoms with Crippen LogP contribution < -0.4 is 10.1 Å². The fourth-order valence-corrected chi connectivity index (χ4v) is 4.70. The van der Waals surface area contributed by atoms with E-state index >= 15 is 0 Å². The molecule has 2 aromatic rings. The van der Waals surface area contributed by atoms with Crippen molar-refractivity contribution >= 4 is 18.3 Å². The first-order valence-electron chi connectivity index (χ1n) is 11.3. The van der Waals surface area contributed by atoms with Crippen molar-refractivity contribution in [2.75, 3.05) is 26.3 Å². The molecule has 0 spiro atoms. The Morgan fingerprint density at radius 2 is 1.85 bits per heavy atom. The van der Waals surface area contributed by atoms with Gasteiger partial charge in [-0.1, -0.05) is 36.4 Å². The number of benzene rings is 2. The van der Waals surface area contributed by atoms with Crippen LogP contribution in [0.25, 0.3) is 0 Å². The van der Waals surface area contributed by atoms with Gasteiger partial charge in [0.2, 0.25) is 5.91 Å². The number of alkyl halides is 3. The van der Waals surface area contributed by atoms with Crippen molar-refractivity contribution in [3.05, 3.63) is 65.7 Å². The highest BCUT2D eigenvalue weighted by Gasteiger charge is 2.48. The first-order valence-corrected chi connectivity index (χ1v) is 11.3. The van der Waals surface area contributed by atoms with Crippen LogP contribution in [0.3, 0.4) is 0 Å². The molecule has 4 rings (SSSR count). The summed E-state index contributed by atoms with van der Waals surface area (Å²) in [5.74, 6) is 0.154. The van der Waals surface area contributed by atoms with Crippen LogP contribution in [0.5, 0.6) is 5.75 Å². The molecule has 0 aliphatic carbocycles. The number of halogens is 4. The van der Waals surface area contributed by atoms with Gasteiger partial charge < -0.3 is 14.8 Å². The average molecular weight is 499 g/mol. The number of nitrogens with zero attached hydrogens (tertiary/aromatic N) is 1. The third-order valence-corrected chi connectivity index (χ3v) is 6.60. The predicted octanol–water partition coefficient (Wildman–Crippen LogP) is 5.01. The number of hydrogen-bond acceptors (Lipinski definition) is 4. The molecular weight excluding hydrogens is 469 g/mol. The lowest BCUT2D eigenvalue weighted by atomic mass is 9.86. The first kappa shape index (κ1) is 26.3. The van der Waals surface area contributed by atoms with Gasteiger partial charge in [0.05, 0.1) is 11.6 Å². The van der Waals surface area contributed by atoms with E-state index < -0.39 is 17.3 Å². The zero-order valence-corrected chi connectivity index (χ0v) is 19.8. The molecule has 34 heavy (non-hydrogen) atoms. The number of likely N-dealkylation sites (tertiary alicyclic amines) is 1. The van der Waals surface area contributed by atoms with E-state index in [0.29, 0.717) is 45.6 Å². The SMILES string of the molecule is C[C@H](NC(=O)C1(N2CC[C@@H](Oc3cccc(C(F)(F)F)c3)C2)CCOCC1)c1ccccc1.Cl. The molecule has 9 heteroatoms. The van der Waals surface area contributed by atoms with Crippen LogP contribution in [0, 0.1) is 0 Å². The number of ether oxygens (including phenoxy) is 2. The molecule has 2 fully saturated rings. The number of nitrogens with one attached hydrogen (secondary N) is 1. The number of carbonyl (C=O) groups excluding carboxylic acids is 1. The summed E-state index contributed by atoms with van der Waals surface area (Å²) < 4.78 is 50.5. The zero-order valence-electron chi connectivity index (χ0n) is 19.0.